The number of sulfonamides is 1. The molecule has 0 aromatic heterocycles. The van der Waals surface area contributed by atoms with Crippen LogP contribution in [0.4, 0.5) is 0 Å². The molecular formula is C24H32N2O3S. The van der Waals surface area contributed by atoms with E-state index >= 15 is 0 Å². The van der Waals surface area contributed by atoms with Gasteiger partial charge in [-0.2, -0.15) is 4.31 Å². The van der Waals surface area contributed by atoms with Crippen molar-refractivity contribution in [1.29, 1.82) is 0 Å². The van der Waals surface area contributed by atoms with Crippen molar-refractivity contribution in [1.82, 2.24) is 9.21 Å². The van der Waals surface area contributed by atoms with Crippen LogP contribution in [0.5, 0.6) is 0 Å². The molecule has 0 spiro atoms. The summed E-state index contributed by atoms with van der Waals surface area (Å²) in [5.74, 6) is 0.127. The van der Waals surface area contributed by atoms with Crippen LogP contribution in [0.25, 0.3) is 0 Å². The van der Waals surface area contributed by atoms with Crippen molar-refractivity contribution in [3.8, 4) is 0 Å². The Labute approximate surface area is 180 Å². The molecule has 1 heterocycles. The number of carbonyl (C=O) groups excluding carboxylic acids is 1. The van der Waals surface area contributed by atoms with Crippen LogP contribution in [-0.4, -0.2) is 42.7 Å². The summed E-state index contributed by atoms with van der Waals surface area (Å²) in [6.07, 6.45) is 3.77. The Kier molecular flexibility index (Phi) is 7.67. The van der Waals surface area contributed by atoms with Gasteiger partial charge in [0.2, 0.25) is 15.9 Å². The SMILES string of the molecule is CCC(C)N(Cc1ccccc1)C(=O)CCc1ccc(S(=O)(=O)N2CCCC2)cc1. The lowest BCUT2D eigenvalue weighted by Gasteiger charge is -2.29. The molecule has 0 N–H and O–H groups in total. The zero-order valence-corrected chi connectivity index (χ0v) is 18.8. The molecule has 162 valence electrons. The highest BCUT2D eigenvalue weighted by Gasteiger charge is 2.27. The first-order valence-corrected chi connectivity index (χ1v) is 12.3. The molecule has 0 bridgehead atoms. The van der Waals surface area contributed by atoms with Gasteiger partial charge in [-0.1, -0.05) is 49.4 Å². The van der Waals surface area contributed by atoms with Gasteiger partial charge >= 0.3 is 0 Å². The summed E-state index contributed by atoms with van der Waals surface area (Å²) in [5, 5.41) is 0. The number of carbonyl (C=O) groups is 1. The molecule has 2 aromatic rings. The highest BCUT2D eigenvalue weighted by Crippen LogP contribution is 2.21. The normalized spacial score (nSPS) is 15.8. The van der Waals surface area contributed by atoms with Crippen LogP contribution in [0.1, 0.15) is 50.7 Å². The van der Waals surface area contributed by atoms with Crippen molar-refractivity contribution < 1.29 is 13.2 Å². The summed E-state index contributed by atoms with van der Waals surface area (Å²) in [6, 6.07) is 17.2. The zero-order valence-electron chi connectivity index (χ0n) is 18.0. The van der Waals surface area contributed by atoms with Crippen molar-refractivity contribution in [2.75, 3.05) is 13.1 Å². The molecule has 1 aliphatic heterocycles. The van der Waals surface area contributed by atoms with E-state index in [2.05, 4.69) is 13.8 Å². The summed E-state index contributed by atoms with van der Waals surface area (Å²) < 4.78 is 26.9. The Morgan fingerprint density at radius 2 is 1.63 bits per heavy atom. The van der Waals surface area contributed by atoms with Gasteiger partial charge in [0.15, 0.2) is 0 Å². The Morgan fingerprint density at radius 3 is 2.23 bits per heavy atom. The second kappa shape index (κ2) is 10.2. The summed E-state index contributed by atoms with van der Waals surface area (Å²) in [5.41, 5.74) is 2.11. The number of hydrogen-bond acceptors (Lipinski definition) is 3. The molecule has 5 nitrogen and oxygen atoms in total. The first-order chi connectivity index (χ1) is 14.4. The monoisotopic (exact) mass is 428 g/mol. The van der Waals surface area contributed by atoms with Crippen LogP contribution in [-0.2, 0) is 27.8 Å². The summed E-state index contributed by atoms with van der Waals surface area (Å²) >= 11 is 0. The van der Waals surface area contributed by atoms with Gasteiger partial charge in [0.05, 0.1) is 4.90 Å². The summed E-state index contributed by atoms with van der Waals surface area (Å²) in [7, 11) is -3.39. The van der Waals surface area contributed by atoms with Crippen LogP contribution in [0.2, 0.25) is 0 Å². The molecule has 3 rings (SSSR count). The molecule has 6 heteroatoms. The first-order valence-electron chi connectivity index (χ1n) is 10.8. The van der Waals surface area contributed by atoms with Crippen LogP contribution in [0, 0.1) is 0 Å². The Balaban J connectivity index is 1.62. The van der Waals surface area contributed by atoms with Gasteiger partial charge in [-0.05, 0) is 55.9 Å². The lowest BCUT2D eigenvalue weighted by molar-refractivity contribution is -0.134. The maximum Gasteiger partial charge on any atom is 0.243 e. The smallest absolute Gasteiger partial charge is 0.243 e. The van der Waals surface area contributed by atoms with Gasteiger partial charge < -0.3 is 4.90 Å². The number of aryl methyl sites for hydroxylation is 1. The van der Waals surface area contributed by atoms with Crippen LogP contribution in [0.3, 0.4) is 0 Å². The lowest BCUT2D eigenvalue weighted by atomic mass is 10.1. The maximum absolute atomic E-state index is 12.9. The van der Waals surface area contributed by atoms with Crippen molar-refractivity contribution in [3.63, 3.8) is 0 Å². The fourth-order valence-corrected chi connectivity index (χ4v) is 5.31. The third-order valence-electron chi connectivity index (χ3n) is 5.89. The predicted octanol–water partition coefficient (Wildman–Crippen LogP) is 4.23. The average molecular weight is 429 g/mol. The van der Waals surface area contributed by atoms with Crippen molar-refractivity contribution in [3.05, 3.63) is 65.7 Å². The van der Waals surface area contributed by atoms with E-state index < -0.39 is 10.0 Å². The van der Waals surface area contributed by atoms with E-state index in [-0.39, 0.29) is 11.9 Å². The summed E-state index contributed by atoms with van der Waals surface area (Å²) in [6.45, 7) is 5.99. The molecule has 1 fully saturated rings. The molecule has 1 amide bonds. The highest BCUT2D eigenvalue weighted by atomic mass is 32.2. The third-order valence-corrected chi connectivity index (χ3v) is 7.81. The molecule has 30 heavy (non-hydrogen) atoms. The van der Waals surface area contributed by atoms with E-state index in [1.165, 1.54) is 0 Å². The second-order valence-corrected chi connectivity index (χ2v) is 9.96. The first kappa shape index (κ1) is 22.5. The average Bonchev–Trinajstić information content (AvgIpc) is 3.32. The van der Waals surface area contributed by atoms with Gasteiger partial charge in [0.25, 0.3) is 0 Å². The minimum atomic E-state index is -3.39. The van der Waals surface area contributed by atoms with E-state index in [1.54, 1.807) is 16.4 Å². The minimum Gasteiger partial charge on any atom is -0.336 e. The molecular weight excluding hydrogens is 396 g/mol. The largest absolute Gasteiger partial charge is 0.336 e. The van der Waals surface area contributed by atoms with Crippen LogP contribution >= 0.6 is 0 Å². The maximum atomic E-state index is 12.9. The van der Waals surface area contributed by atoms with E-state index in [9.17, 15) is 13.2 Å². The van der Waals surface area contributed by atoms with Crippen LogP contribution in [0.15, 0.2) is 59.5 Å². The molecule has 2 aromatic carbocycles. The summed E-state index contributed by atoms with van der Waals surface area (Å²) in [4.78, 5) is 15.2. The Bertz CT molecular complexity index is 921. The fraction of sp³-hybridized carbons (Fsp3) is 0.458. The Morgan fingerprint density at radius 1 is 1.00 bits per heavy atom. The molecule has 1 unspecified atom stereocenters. The standard InChI is InChI=1S/C24H32N2O3S/c1-3-20(2)26(19-22-9-5-4-6-10-22)24(27)16-13-21-11-14-23(15-12-21)30(28,29)25-17-7-8-18-25/h4-6,9-12,14-15,20H,3,7-8,13,16-19H2,1-2H3. The zero-order chi connectivity index (χ0) is 21.6. The molecule has 1 saturated heterocycles. The number of amides is 1. The molecule has 0 saturated carbocycles. The Hall–Kier alpha value is -2.18. The van der Waals surface area contributed by atoms with Crippen molar-refractivity contribution in [2.45, 2.75) is 63.4 Å². The quantitative estimate of drug-likeness (QED) is 0.601. The van der Waals surface area contributed by atoms with E-state index in [0.29, 0.717) is 37.4 Å². The molecule has 1 aliphatic rings. The van der Waals surface area contributed by atoms with Crippen molar-refractivity contribution in [2.24, 2.45) is 0 Å². The predicted molar refractivity (Wildman–Crippen MR) is 120 cm³/mol. The number of rotatable bonds is 9. The van der Waals surface area contributed by atoms with Gasteiger partial charge in [0.1, 0.15) is 0 Å². The minimum absolute atomic E-state index is 0.127. The number of nitrogens with zero attached hydrogens (tertiary/aromatic N) is 2. The second-order valence-electron chi connectivity index (χ2n) is 8.02. The topological polar surface area (TPSA) is 57.7 Å². The molecule has 1 atom stereocenters. The number of hydrogen-bond donors (Lipinski definition) is 0. The molecule has 0 radical (unpaired) electrons. The van der Waals surface area contributed by atoms with Gasteiger partial charge in [-0.15, -0.1) is 0 Å². The molecule has 0 aliphatic carbocycles. The third kappa shape index (κ3) is 5.49. The van der Waals surface area contributed by atoms with Crippen molar-refractivity contribution >= 4 is 15.9 Å². The fourth-order valence-electron chi connectivity index (χ4n) is 3.79. The number of benzene rings is 2. The van der Waals surface area contributed by atoms with Gasteiger partial charge in [-0.25, -0.2) is 8.42 Å². The van der Waals surface area contributed by atoms with Gasteiger partial charge in [0, 0.05) is 32.1 Å². The lowest BCUT2D eigenvalue weighted by Crippen LogP contribution is -2.37. The van der Waals surface area contributed by atoms with E-state index in [1.807, 2.05) is 47.4 Å². The van der Waals surface area contributed by atoms with E-state index in [0.717, 1.165) is 30.4 Å². The van der Waals surface area contributed by atoms with Crippen LogP contribution < -0.4 is 0 Å². The van der Waals surface area contributed by atoms with E-state index in [4.69, 9.17) is 0 Å². The highest BCUT2D eigenvalue weighted by molar-refractivity contribution is 7.89. The van der Waals surface area contributed by atoms with Gasteiger partial charge in [-0.3, -0.25) is 4.79 Å².